The molecule has 0 amide bonds. The molecule has 0 N–H and O–H groups in total. The van der Waals surface area contributed by atoms with E-state index in [9.17, 15) is 0 Å². The number of hydrogen-bond donors (Lipinski definition) is 0. The van der Waals surface area contributed by atoms with Gasteiger partial charge in [0, 0.05) is 4.47 Å². The molecule has 0 unspecified atom stereocenters. The van der Waals surface area contributed by atoms with E-state index in [0.717, 1.165) is 26.7 Å². The predicted octanol–water partition coefficient (Wildman–Crippen LogP) is 4.04. The second-order valence-corrected chi connectivity index (χ2v) is 4.93. The van der Waals surface area contributed by atoms with E-state index in [1.54, 1.807) is 18.0 Å². The number of halogens is 1. The van der Waals surface area contributed by atoms with Crippen LogP contribution in [0.1, 0.15) is 11.5 Å². The average molecular weight is 284 g/mol. The number of thioether (sulfide) groups is 1. The number of hydrogen-bond acceptors (Lipinski definition) is 3. The lowest BCUT2D eigenvalue weighted by atomic mass is 10.4. The molecule has 0 radical (unpaired) electrons. The fraction of sp³-hybridized carbons (Fsp3) is 0.182. The van der Waals surface area contributed by atoms with Crippen molar-refractivity contribution in [2.24, 2.45) is 0 Å². The fourth-order valence-electron chi connectivity index (χ4n) is 1.14. The molecule has 2 rings (SSSR count). The Morgan fingerprint density at radius 3 is 2.93 bits per heavy atom. The van der Waals surface area contributed by atoms with Gasteiger partial charge in [0.15, 0.2) is 0 Å². The van der Waals surface area contributed by atoms with Crippen LogP contribution >= 0.6 is 27.7 Å². The van der Waals surface area contributed by atoms with Gasteiger partial charge in [0.25, 0.3) is 0 Å². The first-order valence-corrected chi connectivity index (χ1v) is 6.32. The highest BCUT2D eigenvalue weighted by Gasteiger charge is 2.01. The lowest BCUT2D eigenvalue weighted by Crippen LogP contribution is -1.86. The highest BCUT2D eigenvalue weighted by atomic mass is 79.9. The molecule has 0 saturated carbocycles. The molecule has 2 nitrogen and oxygen atoms in total. The Labute approximate surface area is 101 Å². The van der Waals surface area contributed by atoms with Crippen molar-refractivity contribution in [3.63, 3.8) is 0 Å². The summed E-state index contributed by atoms with van der Waals surface area (Å²) >= 11 is 5.10. The van der Waals surface area contributed by atoms with Gasteiger partial charge in [0.1, 0.15) is 5.76 Å². The zero-order valence-corrected chi connectivity index (χ0v) is 10.6. The Bertz CT molecular complexity index is 442. The number of rotatable bonds is 3. The van der Waals surface area contributed by atoms with Crippen LogP contribution in [0.2, 0.25) is 0 Å². The van der Waals surface area contributed by atoms with Crippen molar-refractivity contribution in [1.82, 2.24) is 4.98 Å². The van der Waals surface area contributed by atoms with Gasteiger partial charge in [-0.2, -0.15) is 0 Å². The lowest BCUT2D eigenvalue weighted by molar-refractivity contribution is 0.530. The molecule has 0 atom stereocenters. The topological polar surface area (TPSA) is 26.0 Å². The van der Waals surface area contributed by atoms with Gasteiger partial charge in [-0.05, 0) is 47.1 Å². The van der Waals surface area contributed by atoms with E-state index in [4.69, 9.17) is 4.42 Å². The SMILES string of the molecule is Cc1nc(SCc2ccco2)ccc1Br. The summed E-state index contributed by atoms with van der Waals surface area (Å²) < 4.78 is 6.30. The van der Waals surface area contributed by atoms with E-state index in [1.807, 2.05) is 31.2 Å². The first-order valence-electron chi connectivity index (χ1n) is 4.54. The Kier molecular flexibility index (Phi) is 3.49. The van der Waals surface area contributed by atoms with Gasteiger partial charge < -0.3 is 4.42 Å². The molecular formula is C11H10BrNOS. The monoisotopic (exact) mass is 283 g/mol. The number of aromatic nitrogens is 1. The number of pyridine rings is 1. The summed E-state index contributed by atoms with van der Waals surface area (Å²) in [6.45, 7) is 1.99. The van der Waals surface area contributed by atoms with E-state index in [2.05, 4.69) is 20.9 Å². The third-order valence-electron chi connectivity index (χ3n) is 1.94. The first-order chi connectivity index (χ1) is 7.25. The van der Waals surface area contributed by atoms with Crippen molar-refractivity contribution in [2.75, 3.05) is 0 Å². The second kappa shape index (κ2) is 4.86. The highest BCUT2D eigenvalue weighted by Crippen LogP contribution is 2.23. The zero-order chi connectivity index (χ0) is 10.7. The van der Waals surface area contributed by atoms with Crippen LogP contribution in [0.5, 0.6) is 0 Å². The van der Waals surface area contributed by atoms with Crippen molar-refractivity contribution in [3.8, 4) is 0 Å². The van der Waals surface area contributed by atoms with E-state index in [0.29, 0.717) is 0 Å². The molecule has 0 bridgehead atoms. The van der Waals surface area contributed by atoms with E-state index in [-0.39, 0.29) is 0 Å². The van der Waals surface area contributed by atoms with Crippen molar-refractivity contribution in [1.29, 1.82) is 0 Å². The normalized spacial score (nSPS) is 10.5. The lowest BCUT2D eigenvalue weighted by Gasteiger charge is -2.01. The second-order valence-electron chi connectivity index (χ2n) is 3.08. The predicted molar refractivity (Wildman–Crippen MR) is 64.9 cm³/mol. The molecule has 0 aliphatic rings. The number of aryl methyl sites for hydroxylation is 1. The molecule has 4 heteroatoms. The molecule has 0 aliphatic carbocycles. The molecule has 2 aromatic rings. The first kappa shape index (κ1) is 10.8. The third kappa shape index (κ3) is 2.86. The smallest absolute Gasteiger partial charge is 0.114 e. The summed E-state index contributed by atoms with van der Waals surface area (Å²) in [6, 6.07) is 7.90. The van der Waals surface area contributed by atoms with Gasteiger partial charge in [-0.25, -0.2) is 4.98 Å². The van der Waals surface area contributed by atoms with Gasteiger partial charge in [-0.3, -0.25) is 0 Å². The Balaban J connectivity index is 2.02. The maximum Gasteiger partial charge on any atom is 0.114 e. The fourth-order valence-corrected chi connectivity index (χ4v) is 2.18. The molecule has 2 aromatic heterocycles. The minimum Gasteiger partial charge on any atom is -0.468 e. The molecule has 0 aromatic carbocycles. The van der Waals surface area contributed by atoms with Crippen LogP contribution in [0.4, 0.5) is 0 Å². The van der Waals surface area contributed by atoms with Crippen molar-refractivity contribution < 1.29 is 4.42 Å². The van der Waals surface area contributed by atoms with Crippen LogP contribution in [0.25, 0.3) is 0 Å². The molecule has 0 saturated heterocycles. The Morgan fingerprint density at radius 1 is 1.40 bits per heavy atom. The van der Waals surface area contributed by atoms with Crippen LogP contribution in [0, 0.1) is 6.92 Å². The standard InChI is InChI=1S/C11H10BrNOS/c1-8-10(12)4-5-11(13-8)15-7-9-3-2-6-14-9/h2-6H,7H2,1H3. The summed E-state index contributed by atoms with van der Waals surface area (Å²) in [5.74, 6) is 1.79. The molecule has 15 heavy (non-hydrogen) atoms. The summed E-state index contributed by atoms with van der Waals surface area (Å²) in [6.07, 6.45) is 1.69. The van der Waals surface area contributed by atoms with Gasteiger partial charge in [-0.15, -0.1) is 0 Å². The number of nitrogens with zero attached hydrogens (tertiary/aromatic N) is 1. The molecule has 0 aliphatic heterocycles. The maximum atomic E-state index is 5.25. The summed E-state index contributed by atoms with van der Waals surface area (Å²) in [4.78, 5) is 4.45. The van der Waals surface area contributed by atoms with Crippen LogP contribution in [-0.2, 0) is 5.75 Å². The largest absolute Gasteiger partial charge is 0.468 e. The molecule has 2 heterocycles. The van der Waals surface area contributed by atoms with Gasteiger partial charge in [0.05, 0.1) is 22.7 Å². The van der Waals surface area contributed by atoms with Crippen LogP contribution in [0.15, 0.2) is 44.4 Å². The highest BCUT2D eigenvalue weighted by molar-refractivity contribution is 9.10. The van der Waals surface area contributed by atoms with E-state index >= 15 is 0 Å². The van der Waals surface area contributed by atoms with Gasteiger partial charge >= 0.3 is 0 Å². The van der Waals surface area contributed by atoms with Gasteiger partial charge in [0.2, 0.25) is 0 Å². The van der Waals surface area contributed by atoms with Crippen LogP contribution in [-0.4, -0.2) is 4.98 Å². The number of furan rings is 1. The summed E-state index contributed by atoms with van der Waals surface area (Å²) in [7, 11) is 0. The van der Waals surface area contributed by atoms with Gasteiger partial charge in [-0.1, -0.05) is 11.8 Å². The molecule has 0 spiro atoms. The Morgan fingerprint density at radius 2 is 2.27 bits per heavy atom. The summed E-state index contributed by atoms with van der Waals surface area (Å²) in [5, 5.41) is 1.02. The maximum absolute atomic E-state index is 5.25. The van der Waals surface area contributed by atoms with E-state index in [1.165, 1.54) is 0 Å². The Hall–Kier alpha value is -0.740. The van der Waals surface area contributed by atoms with Crippen LogP contribution in [0.3, 0.4) is 0 Å². The van der Waals surface area contributed by atoms with E-state index < -0.39 is 0 Å². The third-order valence-corrected chi connectivity index (χ3v) is 3.73. The van der Waals surface area contributed by atoms with Crippen molar-refractivity contribution >= 4 is 27.7 Å². The van der Waals surface area contributed by atoms with Crippen molar-refractivity contribution in [3.05, 3.63) is 46.5 Å². The minimum atomic E-state index is 0.821. The van der Waals surface area contributed by atoms with Crippen molar-refractivity contribution in [2.45, 2.75) is 17.7 Å². The molecule has 78 valence electrons. The average Bonchev–Trinajstić information content (AvgIpc) is 2.73. The molecular weight excluding hydrogens is 274 g/mol. The molecule has 0 fully saturated rings. The minimum absolute atomic E-state index is 0.821. The van der Waals surface area contributed by atoms with Crippen LogP contribution < -0.4 is 0 Å². The quantitative estimate of drug-likeness (QED) is 0.796. The zero-order valence-electron chi connectivity index (χ0n) is 8.24. The summed E-state index contributed by atoms with van der Waals surface area (Å²) in [5.41, 5.74) is 1.01.